The molecule has 0 spiro atoms. The summed E-state index contributed by atoms with van der Waals surface area (Å²) >= 11 is 0. The van der Waals surface area contributed by atoms with E-state index in [1.165, 1.54) is 20.4 Å². The zero-order chi connectivity index (χ0) is 53.9. The van der Waals surface area contributed by atoms with Crippen LogP contribution in [0.5, 0.6) is 0 Å². The van der Waals surface area contributed by atoms with E-state index in [2.05, 4.69) is 20.3 Å². The first-order valence-electron chi connectivity index (χ1n) is 25.9. The van der Waals surface area contributed by atoms with Gasteiger partial charge in [0.25, 0.3) is 0 Å². The molecule has 2 aromatic heterocycles. The minimum atomic E-state index is -1.46. The highest BCUT2D eigenvalue weighted by atomic mass is 16.7. The van der Waals surface area contributed by atoms with Gasteiger partial charge in [0.1, 0.15) is 35.4 Å². The number of nitrogens with one attached hydrogen (secondary N) is 1. The average molecular weight is 1030 g/mol. The number of Topliss-reactive ketones (excluding diaryl/α,β-unsaturated/α-hetero) is 1. The van der Waals surface area contributed by atoms with Crippen molar-refractivity contribution in [2.45, 2.75) is 199 Å². The minimum Gasteiger partial charge on any atom is -0.458 e. The molecule has 4 aliphatic rings. The van der Waals surface area contributed by atoms with Crippen molar-refractivity contribution in [3.05, 3.63) is 12.7 Å². The number of cyclic esters (lactones) is 1. The van der Waals surface area contributed by atoms with E-state index in [4.69, 9.17) is 48.4 Å². The smallest absolute Gasteiger partial charge is 0.410 e. The summed E-state index contributed by atoms with van der Waals surface area (Å²) in [4.78, 5) is 72.9. The third-order valence-electron chi connectivity index (χ3n) is 16.1. The molecule has 18 atom stereocenters. The van der Waals surface area contributed by atoms with Crippen LogP contribution < -0.4 is 11.1 Å². The number of anilines is 1. The largest absolute Gasteiger partial charge is 0.458 e. The van der Waals surface area contributed by atoms with E-state index in [1.54, 1.807) is 46.0 Å². The summed E-state index contributed by atoms with van der Waals surface area (Å²) in [6, 6.07) is -1.16. The van der Waals surface area contributed by atoms with Crippen molar-refractivity contribution in [2.24, 2.45) is 23.7 Å². The molecule has 0 unspecified atom stereocenters. The fourth-order valence-corrected chi connectivity index (χ4v) is 12.0. The van der Waals surface area contributed by atoms with Crippen LogP contribution in [0.25, 0.3) is 11.2 Å². The van der Waals surface area contributed by atoms with Gasteiger partial charge in [0.05, 0.1) is 48.3 Å². The van der Waals surface area contributed by atoms with Gasteiger partial charge in [-0.15, -0.1) is 0 Å². The van der Waals surface area contributed by atoms with Crippen LogP contribution in [0.15, 0.2) is 12.7 Å². The van der Waals surface area contributed by atoms with E-state index in [0.717, 1.165) is 0 Å². The normalized spacial score (nSPS) is 39.0. The van der Waals surface area contributed by atoms with Crippen LogP contribution in [-0.2, 0) is 63.6 Å². The van der Waals surface area contributed by atoms with Crippen molar-refractivity contribution in [1.82, 2.24) is 34.6 Å². The number of fused-ring (bicyclic) bond motifs is 2. The van der Waals surface area contributed by atoms with Gasteiger partial charge in [0.2, 0.25) is 0 Å². The molecule has 4 N–H and O–H groups in total. The SMILES string of the molecule is CC[C@H]1OC(=O)[C@H](C)[C@@H](O[C@H]2C[C@@](C)(OC)[C@@H](OC(C)=O)[C@H](C)O2)[C@H](C)[C@@H](O[C@@H]2O[C@H](C)C[C@H](N(C)C)[C@H]2O)[C@](C)(OC)C[C@@H](C)C(=O)[C@H](C)[C@@H]2N(CCCNCCn3cnc4c(N)ncnc43)C(=O)O[C@@]21C. The Morgan fingerprint density at radius 3 is 2.26 bits per heavy atom. The zero-order valence-electron chi connectivity index (χ0n) is 45.7. The Labute approximate surface area is 430 Å². The summed E-state index contributed by atoms with van der Waals surface area (Å²) < 4.78 is 59.8. The van der Waals surface area contributed by atoms with Crippen molar-refractivity contribution in [1.29, 1.82) is 0 Å². The fourth-order valence-electron chi connectivity index (χ4n) is 12.0. The Morgan fingerprint density at radius 1 is 0.932 bits per heavy atom. The van der Waals surface area contributed by atoms with Gasteiger partial charge in [0.15, 0.2) is 35.8 Å². The minimum absolute atomic E-state index is 0.102. The number of amides is 1. The van der Waals surface area contributed by atoms with Crippen LogP contribution in [0.1, 0.15) is 108 Å². The molecule has 4 fully saturated rings. The summed E-state index contributed by atoms with van der Waals surface area (Å²) in [6.45, 7) is 21.3. The van der Waals surface area contributed by atoms with E-state index >= 15 is 9.59 Å². The Bertz CT molecular complexity index is 2220. The molecule has 4 saturated heterocycles. The Balaban J connectivity index is 1.35. The molecular formula is C51H84N8O14. The monoisotopic (exact) mass is 1030 g/mol. The highest BCUT2D eigenvalue weighted by Crippen LogP contribution is 2.45. The highest BCUT2D eigenvalue weighted by Gasteiger charge is 2.61. The van der Waals surface area contributed by atoms with Gasteiger partial charge in [-0.05, 0) is 87.9 Å². The predicted octanol–water partition coefficient (Wildman–Crippen LogP) is 3.88. The van der Waals surface area contributed by atoms with E-state index in [9.17, 15) is 14.7 Å². The standard InChI is InChI=1S/C51H84N8O14/c1-16-35-51(11)41(59(48(64)73-51)20-17-18-53-19-21-58-26-56-37-44(52)54-25-55-45(37)58)29(4)38(61)27(2)23-49(9,65-14)42(72-47-39(62)34(57(12)13)22-28(3)67-47)30(5)40(31(6)46(63)70-35)71-36-24-50(10,66-15)43(32(7)68-36)69-33(8)60/h25-32,34-36,39-43,47,53,62H,16-24H2,1-15H3,(H2,52,54,55)/t27-,28-,29+,30+,31-,32+,34+,35-,36+,39-,40+,41+,42-,43+,47+,49-,50-,51-/m1/s1. The second kappa shape index (κ2) is 23.8. The second-order valence-corrected chi connectivity index (χ2v) is 21.7. The Morgan fingerprint density at radius 2 is 1.62 bits per heavy atom. The number of esters is 2. The maximum atomic E-state index is 15.2. The summed E-state index contributed by atoms with van der Waals surface area (Å²) in [7, 11) is 6.84. The number of rotatable bonds is 16. The number of ether oxygens (including phenoxy) is 9. The van der Waals surface area contributed by atoms with Gasteiger partial charge >= 0.3 is 18.0 Å². The molecule has 6 heterocycles. The van der Waals surface area contributed by atoms with Crippen LogP contribution in [-0.4, -0.2) is 190 Å². The lowest BCUT2D eigenvalue weighted by molar-refractivity contribution is -0.320. The Kier molecular flexibility index (Phi) is 19.0. The number of likely N-dealkylation sites (N-methyl/N-ethyl adjacent to an activating group) is 1. The number of hydrogen-bond donors (Lipinski definition) is 3. The lowest BCUT2D eigenvalue weighted by Gasteiger charge is -2.50. The average Bonchev–Trinajstić information content (AvgIpc) is 3.87. The van der Waals surface area contributed by atoms with Crippen LogP contribution in [0.3, 0.4) is 0 Å². The van der Waals surface area contributed by atoms with Crippen molar-refractivity contribution in [3.8, 4) is 0 Å². The number of aliphatic hydroxyl groups is 1. The number of nitrogens with zero attached hydrogens (tertiary/aromatic N) is 6. The molecule has 4 aliphatic heterocycles. The van der Waals surface area contributed by atoms with Crippen molar-refractivity contribution < 1.29 is 66.9 Å². The van der Waals surface area contributed by atoms with Crippen LogP contribution >= 0.6 is 0 Å². The van der Waals surface area contributed by atoms with Gasteiger partial charge in [-0.1, -0.05) is 27.7 Å². The number of aromatic nitrogens is 4. The molecule has 0 aromatic carbocycles. The molecule has 22 heteroatoms. The topological polar surface area (TPSA) is 260 Å². The molecule has 412 valence electrons. The molecule has 0 radical (unpaired) electrons. The maximum Gasteiger partial charge on any atom is 0.410 e. The molecule has 22 nitrogen and oxygen atoms in total. The quantitative estimate of drug-likeness (QED) is 0.122. The van der Waals surface area contributed by atoms with Gasteiger partial charge in [0, 0.05) is 71.0 Å². The molecule has 6 rings (SSSR count). The summed E-state index contributed by atoms with van der Waals surface area (Å²) in [6.07, 6.45) is -4.08. The first-order chi connectivity index (χ1) is 34.3. The lowest BCUT2D eigenvalue weighted by Crippen LogP contribution is -2.62. The number of carbonyl (C=O) groups excluding carboxylic acids is 4. The molecule has 73 heavy (non-hydrogen) atoms. The molecule has 1 amide bonds. The third kappa shape index (κ3) is 12.3. The number of nitrogen functional groups attached to an aromatic ring is 1. The number of hydrogen-bond acceptors (Lipinski definition) is 20. The van der Waals surface area contributed by atoms with E-state index in [1.807, 2.05) is 65.1 Å². The van der Waals surface area contributed by atoms with Crippen molar-refractivity contribution in [3.63, 3.8) is 0 Å². The van der Waals surface area contributed by atoms with Gasteiger partial charge in [-0.2, -0.15) is 0 Å². The fraction of sp³-hybridized carbons (Fsp3) is 0.824. The van der Waals surface area contributed by atoms with Crippen molar-refractivity contribution in [2.75, 3.05) is 53.7 Å². The number of imidazole rings is 1. The van der Waals surface area contributed by atoms with E-state index < -0.39 is 114 Å². The lowest BCUT2D eigenvalue weighted by atomic mass is 9.73. The second-order valence-electron chi connectivity index (χ2n) is 21.7. The van der Waals surface area contributed by atoms with Crippen LogP contribution in [0.4, 0.5) is 10.6 Å². The molecule has 0 saturated carbocycles. The summed E-state index contributed by atoms with van der Waals surface area (Å²) in [5.41, 5.74) is 3.32. The summed E-state index contributed by atoms with van der Waals surface area (Å²) in [5.74, 6) is -4.29. The van der Waals surface area contributed by atoms with Gasteiger partial charge in [-0.3, -0.25) is 14.4 Å². The van der Waals surface area contributed by atoms with Gasteiger partial charge in [-0.25, -0.2) is 19.7 Å². The van der Waals surface area contributed by atoms with Crippen LogP contribution in [0, 0.1) is 23.7 Å². The molecule has 0 aliphatic carbocycles. The number of aliphatic hydroxyl groups excluding tert-OH is 1. The van der Waals surface area contributed by atoms with E-state index in [-0.39, 0.29) is 43.7 Å². The van der Waals surface area contributed by atoms with E-state index in [0.29, 0.717) is 49.5 Å². The highest BCUT2D eigenvalue weighted by molar-refractivity contribution is 5.85. The number of ketones is 1. The Hall–Kier alpha value is -4.13. The maximum absolute atomic E-state index is 15.2. The zero-order valence-corrected chi connectivity index (χ0v) is 45.7. The molecular weight excluding hydrogens is 949 g/mol. The third-order valence-corrected chi connectivity index (χ3v) is 16.1. The predicted molar refractivity (Wildman–Crippen MR) is 267 cm³/mol. The molecule has 2 aromatic rings. The molecule has 0 bridgehead atoms. The first kappa shape index (κ1) is 58.1. The summed E-state index contributed by atoms with van der Waals surface area (Å²) in [5, 5.41) is 15.3. The van der Waals surface area contributed by atoms with Crippen molar-refractivity contribution >= 4 is 40.8 Å². The van der Waals surface area contributed by atoms with Gasteiger partial charge < -0.3 is 73.2 Å². The van der Waals surface area contributed by atoms with Crippen LogP contribution in [0.2, 0.25) is 0 Å². The number of nitrogens with two attached hydrogens (primary N) is 1. The number of carbonyl (C=O) groups is 4. The number of methoxy groups -OCH3 is 2. The first-order valence-corrected chi connectivity index (χ1v) is 25.9.